The summed E-state index contributed by atoms with van der Waals surface area (Å²) in [6, 6.07) is 6.59. The Bertz CT molecular complexity index is 469. The number of hydrogen-bond donors (Lipinski definition) is 1. The molecule has 0 aliphatic carbocycles. The number of halogens is 1. The lowest BCUT2D eigenvalue weighted by Gasteiger charge is -2.35. The minimum atomic E-state index is -0.131. The van der Waals surface area contributed by atoms with Crippen molar-refractivity contribution >= 4 is 5.69 Å². The number of anilines is 1. The van der Waals surface area contributed by atoms with Gasteiger partial charge in [0.25, 0.3) is 0 Å². The lowest BCUT2D eigenvalue weighted by atomic mass is 9.87. The molecule has 0 radical (unpaired) electrons. The highest BCUT2D eigenvalue weighted by Crippen LogP contribution is 2.27. The zero-order valence-corrected chi connectivity index (χ0v) is 14.0. The van der Waals surface area contributed by atoms with Crippen LogP contribution in [0.2, 0.25) is 0 Å². The monoisotopic (exact) mass is 292 g/mol. The highest BCUT2D eigenvalue weighted by Gasteiger charge is 2.22. The van der Waals surface area contributed by atoms with Gasteiger partial charge in [0.2, 0.25) is 0 Å². The number of piperidine rings is 1. The van der Waals surface area contributed by atoms with Gasteiger partial charge < -0.3 is 10.2 Å². The van der Waals surface area contributed by atoms with Gasteiger partial charge in [0.15, 0.2) is 0 Å². The first-order chi connectivity index (χ1) is 9.77. The molecule has 0 bridgehead atoms. The molecule has 2 nitrogen and oxygen atoms in total. The number of likely N-dealkylation sites (tertiary alicyclic amines) is 1. The van der Waals surface area contributed by atoms with Crippen molar-refractivity contribution in [3.8, 4) is 0 Å². The molecule has 1 aliphatic rings. The fraction of sp³-hybridized carbons (Fsp3) is 0.667. The highest BCUT2D eigenvalue weighted by molar-refractivity contribution is 5.48. The van der Waals surface area contributed by atoms with Gasteiger partial charge in [-0.2, -0.15) is 0 Å². The lowest BCUT2D eigenvalue weighted by Crippen LogP contribution is -2.42. The lowest BCUT2D eigenvalue weighted by molar-refractivity contribution is 0.177. The highest BCUT2D eigenvalue weighted by atomic mass is 19.1. The molecule has 3 heteroatoms. The van der Waals surface area contributed by atoms with Crippen molar-refractivity contribution in [2.24, 2.45) is 0 Å². The summed E-state index contributed by atoms with van der Waals surface area (Å²) in [7, 11) is 0. The van der Waals surface area contributed by atoms with Gasteiger partial charge in [0.05, 0.1) is 5.69 Å². The van der Waals surface area contributed by atoms with E-state index < -0.39 is 0 Å². The van der Waals surface area contributed by atoms with Crippen LogP contribution in [-0.2, 0) is 5.41 Å². The smallest absolute Gasteiger partial charge is 0.146 e. The van der Waals surface area contributed by atoms with E-state index in [1.807, 2.05) is 12.1 Å². The fourth-order valence-electron chi connectivity index (χ4n) is 2.88. The second-order valence-electron chi connectivity index (χ2n) is 7.49. The van der Waals surface area contributed by atoms with Crippen LogP contribution in [0.25, 0.3) is 0 Å². The molecule has 0 spiro atoms. The molecule has 0 saturated carbocycles. The number of rotatable bonds is 3. The summed E-state index contributed by atoms with van der Waals surface area (Å²) >= 11 is 0. The van der Waals surface area contributed by atoms with Crippen LogP contribution in [0, 0.1) is 5.82 Å². The van der Waals surface area contributed by atoms with Gasteiger partial charge in [0, 0.05) is 25.2 Å². The molecule has 1 aromatic rings. The topological polar surface area (TPSA) is 15.3 Å². The quantitative estimate of drug-likeness (QED) is 0.888. The van der Waals surface area contributed by atoms with Gasteiger partial charge in [-0.05, 0) is 49.8 Å². The van der Waals surface area contributed by atoms with E-state index in [0.717, 1.165) is 31.5 Å². The van der Waals surface area contributed by atoms with Crippen molar-refractivity contribution in [3.63, 3.8) is 0 Å². The van der Waals surface area contributed by atoms with E-state index in [0.29, 0.717) is 17.8 Å². The van der Waals surface area contributed by atoms with Crippen molar-refractivity contribution in [2.75, 3.05) is 18.4 Å². The molecule has 2 rings (SSSR count). The van der Waals surface area contributed by atoms with Crippen LogP contribution < -0.4 is 5.32 Å². The first-order valence-electron chi connectivity index (χ1n) is 8.08. The summed E-state index contributed by atoms with van der Waals surface area (Å²) < 4.78 is 14.3. The Morgan fingerprint density at radius 1 is 1.19 bits per heavy atom. The Kier molecular flexibility index (Phi) is 4.92. The summed E-state index contributed by atoms with van der Waals surface area (Å²) in [5, 5.41) is 3.39. The molecule has 1 heterocycles. The first-order valence-corrected chi connectivity index (χ1v) is 8.08. The predicted molar refractivity (Wildman–Crippen MR) is 88.5 cm³/mol. The number of nitrogens with one attached hydrogen (secondary N) is 1. The third-order valence-electron chi connectivity index (χ3n) is 4.45. The van der Waals surface area contributed by atoms with Gasteiger partial charge >= 0.3 is 0 Å². The van der Waals surface area contributed by atoms with E-state index in [4.69, 9.17) is 0 Å². The number of benzene rings is 1. The molecule has 21 heavy (non-hydrogen) atoms. The van der Waals surface area contributed by atoms with Gasteiger partial charge in [-0.15, -0.1) is 0 Å². The van der Waals surface area contributed by atoms with Gasteiger partial charge in [-0.25, -0.2) is 4.39 Å². The van der Waals surface area contributed by atoms with Crippen molar-refractivity contribution in [1.82, 2.24) is 4.90 Å². The van der Waals surface area contributed by atoms with E-state index in [2.05, 4.69) is 44.8 Å². The molecule has 0 amide bonds. The van der Waals surface area contributed by atoms with Crippen LogP contribution in [0.1, 0.15) is 53.0 Å². The molecule has 1 saturated heterocycles. The SMILES string of the molecule is CC(C)N1CCC(Nc2ccc(C(C)(C)C)cc2F)CC1. The Balaban J connectivity index is 1.98. The molecular formula is C18H29FN2. The van der Waals surface area contributed by atoms with Crippen LogP contribution in [0.4, 0.5) is 10.1 Å². The van der Waals surface area contributed by atoms with E-state index in [1.54, 1.807) is 6.07 Å². The average Bonchev–Trinajstić information content (AvgIpc) is 2.40. The van der Waals surface area contributed by atoms with Crippen LogP contribution in [-0.4, -0.2) is 30.1 Å². The average molecular weight is 292 g/mol. The molecule has 1 aliphatic heterocycles. The summed E-state index contributed by atoms with van der Waals surface area (Å²) in [4.78, 5) is 2.48. The Morgan fingerprint density at radius 3 is 2.29 bits per heavy atom. The third kappa shape index (κ3) is 4.19. The van der Waals surface area contributed by atoms with Crippen LogP contribution >= 0.6 is 0 Å². The Hall–Kier alpha value is -1.09. The van der Waals surface area contributed by atoms with Crippen molar-refractivity contribution in [3.05, 3.63) is 29.6 Å². The van der Waals surface area contributed by atoms with E-state index in [9.17, 15) is 4.39 Å². The van der Waals surface area contributed by atoms with E-state index in [-0.39, 0.29) is 11.2 Å². The molecule has 0 unspecified atom stereocenters. The fourth-order valence-corrected chi connectivity index (χ4v) is 2.88. The van der Waals surface area contributed by atoms with Crippen molar-refractivity contribution in [2.45, 2.75) is 65.0 Å². The Labute approximate surface area is 128 Å². The molecule has 0 atom stereocenters. The molecule has 1 N–H and O–H groups in total. The normalized spacial score (nSPS) is 18.2. The molecule has 118 valence electrons. The van der Waals surface area contributed by atoms with Gasteiger partial charge in [-0.1, -0.05) is 26.8 Å². The minimum Gasteiger partial charge on any atom is -0.380 e. The van der Waals surface area contributed by atoms with Gasteiger partial charge in [0.1, 0.15) is 5.82 Å². The zero-order chi connectivity index (χ0) is 15.6. The minimum absolute atomic E-state index is 0.0119. The summed E-state index contributed by atoms with van der Waals surface area (Å²) in [5.74, 6) is -0.131. The molecule has 1 fully saturated rings. The molecular weight excluding hydrogens is 263 g/mol. The van der Waals surface area contributed by atoms with Crippen molar-refractivity contribution < 1.29 is 4.39 Å². The van der Waals surface area contributed by atoms with Crippen LogP contribution in [0.5, 0.6) is 0 Å². The maximum Gasteiger partial charge on any atom is 0.146 e. The number of nitrogens with zero attached hydrogens (tertiary/aromatic N) is 1. The van der Waals surface area contributed by atoms with E-state index >= 15 is 0 Å². The summed E-state index contributed by atoms with van der Waals surface area (Å²) in [6.07, 6.45) is 2.16. The van der Waals surface area contributed by atoms with Crippen LogP contribution in [0.3, 0.4) is 0 Å². The van der Waals surface area contributed by atoms with Crippen LogP contribution in [0.15, 0.2) is 18.2 Å². The summed E-state index contributed by atoms with van der Waals surface area (Å²) in [6.45, 7) is 13.0. The van der Waals surface area contributed by atoms with Gasteiger partial charge in [-0.3, -0.25) is 0 Å². The largest absolute Gasteiger partial charge is 0.380 e. The second kappa shape index (κ2) is 6.35. The third-order valence-corrected chi connectivity index (χ3v) is 4.45. The maximum absolute atomic E-state index is 14.3. The standard InChI is InChI=1S/C18H29FN2/c1-13(2)21-10-8-15(9-11-21)20-17-7-6-14(12-16(17)19)18(3,4)5/h6-7,12-13,15,20H,8-11H2,1-5H3. The zero-order valence-electron chi connectivity index (χ0n) is 14.0. The second-order valence-corrected chi connectivity index (χ2v) is 7.49. The maximum atomic E-state index is 14.3. The van der Waals surface area contributed by atoms with Crippen molar-refractivity contribution in [1.29, 1.82) is 0 Å². The molecule has 1 aromatic carbocycles. The first kappa shape index (κ1) is 16.3. The Morgan fingerprint density at radius 2 is 1.81 bits per heavy atom. The summed E-state index contributed by atoms with van der Waals surface area (Å²) in [5.41, 5.74) is 1.67. The predicted octanol–water partition coefficient (Wildman–Crippen LogP) is 4.41. The number of hydrogen-bond acceptors (Lipinski definition) is 2. The van der Waals surface area contributed by atoms with E-state index in [1.165, 1.54) is 0 Å². The molecule has 0 aromatic heterocycles.